The number of alkyl halides is 1. The van der Waals surface area contributed by atoms with E-state index in [4.69, 9.17) is 0 Å². The highest BCUT2D eigenvalue weighted by molar-refractivity contribution is 9.09. The van der Waals surface area contributed by atoms with Gasteiger partial charge in [-0.25, -0.2) is 0 Å². The molecule has 1 aromatic rings. The average Bonchev–Trinajstić information content (AvgIpc) is 2.26. The first-order valence-corrected chi connectivity index (χ1v) is 6.41. The molecule has 0 spiro atoms. The molecule has 1 unspecified atom stereocenters. The maximum atomic E-state index is 11.7. The van der Waals surface area contributed by atoms with Crippen molar-refractivity contribution in [1.29, 1.82) is 0 Å². The number of amides is 1. The third-order valence-corrected chi connectivity index (χ3v) is 3.12. The summed E-state index contributed by atoms with van der Waals surface area (Å²) in [5, 5.41) is 21.7. The number of hydrogen-bond donors (Lipinski definition) is 3. The van der Waals surface area contributed by atoms with E-state index in [0.29, 0.717) is 6.54 Å². The molecule has 0 aliphatic carbocycles. The minimum atomic E-state index is -0.471. The number of phenolic OH excluding ortho intramolecular Hbond substituents is 2. The smallest absolute Gasteiger partial charge is 0.258 e. The van der Waals surface area contributed by atoms with Crippen LogP contribution in [0.15, 0.2) is 18.2 Å². The normalized spacial score (nSPS) is 12.1. The maximum absolute atomic E-state index is 11.7. The standard InChI is InChI=1S/C12H16BrNO3/c1-2-4-8(13)7-14-12(17)11-9(15)5-3-6-10(11)16/h3,5-6,8,15-16H,2,4,7H2,1H3,(H,14,17). The van der Waals surface area contributed by atoms with Gasteiger partial charge in [0, 0.05) is 11.4 Å². The summed E-state index contributed by atoms with van der Waals surface area (Å²) in [6.45, 7) is 2.52. The number of nitrogens with one attached hydrogen (secondary N) is 1. The zero-order valence-electron chi connectivity index (χ0n) is 9.61. The zero-order valence-corrected chi connectivity index (χ0v) is 11.2. The van der Waals surface area contributed by atoms with E-state index in [1.165, 1.54) is 18.2 Å². The lowest BCUT2D eigenvalue weighted by atomic mass is 10.1. The molecule has 4 nitrogen and oxygen atoms in total. The van der Waals surface area contributed by atoms with E-state index >= 15 is 0 Å². The first kappa shape index (κ1) is 13.8. The molecule has 5 heteroatoms. The minimum absolute atomic E-state index is 0.0799. The van der Waals surface area contributed by atoms with Crippen LogP contribution in [0.3, 0.4) is 0 Å². The summed E-state index contributed by atoms with van der Waals surface area (Å²) in [5.41, 5.74) is -0.0799. The lowest BCUT2D eigenvalue weighted by Crippen LogP contribution is -2.29. The molecule has 0 radical (unpaired) electrons. The highest BCUT2D eigenvalue weighted by atomic mass is 79.9. The molecule has 0 saturated carbocycles. The van der Waals surface area contributed by atoms with Gasteiger partial charge in [-0.1, -0.05) is 35.3 Å². The van der Waals surface area contributed by atoms with E-state index in [-0.39, 0.29) is 21.9 Å². The number of carbonyl (C=O) groups is 1. The quantitative estimate of drug-likeness (QED) is 0.731. The Balaban J connectivity index is 2.64. The molecule has 1 atom stereocenters. The van der Waals surface area contributed by atoms with Gasteiger partial charge in [0.1, 0.15) is 17.1 Å². The number of rotatable bonds is 5. The highest BCUT2D eigenvalue weighted by Crippen LogP contribution is 2.25. The molecule has 0 bridgehead atoms. The first-order chi connectivity index (χ1) is 8.06. The molecule has 0 aliphatic heterocycles. The Labute approximate surface area is 109 Å². The van der Waals surface area contributed by atoms with Gasteiger partial charge in [-0.3, -0.25) is 4.79 Å². The summed E-state index contributed by atoms with van der Waals surface area (Å²) >= 11 is 3.44. The van der Waals surface area contributed by atoms with Crippen LogP contribution in [0.1, 0.15) is 30.1 Å². The van der Waals surface area contributed by atoms with Gasteiger partial charge in [-0.15, -0.1) is 0 Å². The predicted octanol–water partition coefficient (Wildman–Crippen LogP) is 2.39. The van der Waals surface area contributed by atoms with E-state index in [0.717, 1.165) is 12.8 Å². The van der Waals surface area contributed by atoms with Gasteiger partial charge in [0.05, 0.1) is 0 Å². The van der Waals surface area contributed by atoms with Crippen LogP contribution < -0.4 is 5.32 Å². The summed E-state index contributed by atoms with van der Waals surface area (Å²) in [6.07, 6.45) is 1.97. The molecular weight excluding hydrogens is 286 g/mol. The van der Waals surface area contributed by atoms with Crippen molar-refractivity contribution in [2.45, 2.75) is 24.6 Å². The van der Waals surface area contributed by atoms with Crippen LogP contribution in [0, 0.1) is 0 Å². The SMILES string of the molecule is CCCC(Br)CNC(=O)c1c(O)cccc1O. The van der Waals surface area contributed by atoms with E-state index in [9.17, 15) is 15.0 Å². The van der Waals surface area contributed by atoms with Crippen LogP contribution >= 0.6 is 15.9 Å². The van der Waals surface area contributed by atoms with Crippen LogP contribution in [0.4, 0.5) is 0 Å². The molecule has 0 aromatic heterocycles. The van der Waals surface area contributed by atoms with Crippen LogP contribution in [0.5, 0.6) is 11.5 Å². The fraction of sp³-hybridized carbons (Fsp3) is 0.417. The summed E-state index contributed by atoms with van der Waals surface area (Å²) in [4.78, 5) is 11.9. The zero-order chi connectivity index (χ0) is 12.8. The molecule has 1 aromatic carbocycles. The van der Waals surface area contributed by atoms with Gasteiger partial charge < -0.3 is 15.5 Å². The van der Waals surface area contributed by atoms with Crippen molar-refractivity contribution in [3.05, 3.63) is 23.8 Å². The van der Waals surface area contributed by atoms with Crippen molar-refractivity contribution < 1.29 is 15.0 Å². The Hall–Kier alpha value is -1.23. The van der Waals surface area contributed by atoms with Crippen LogP contribution in [-0.4, -0.2) is 27.5 Å². The van der Waals surface area contributed by atoms with Crippen molar-refractivity contribution >= 4 is 21.8 Å². The molecule has 94 valence electrons. The third kappa shape index (κ3) is 3.93. The molecule has 0 saturated heterocycles. The molecule has 1 rings (SSSR count). The van der Waals surface area contributed by atoms with Gasteiger partial charge in [0.2, 0.25) is 0 Å². The second-order valence-electron chi connectivity index (χ2n) is 3.77. The van der Waals surface area contributed by atoms with E-state index in [2.05, 4.69) is 28.2 Å². The monoisotopic (exact) mass is 301 g/mol. The first-order valence-electron chi connectivity index (χ1n) is 5.49. The Kier molecular flexibility index (Phi) is 5.28. The average molecular weight is 302 g/mol. The van der Waals surface area contributed by atoms with Crippen LogP contribution in [0.25, 0.3) is 0 Å². The van der Waals surface area contributed by atoms with Crippen molar-refractivity contribution in [1.82, 2.24) is 5.32 Å². The number of phenols is 2. The van der Waals surface area contributed by atoms with E-state index in [1.807, 2.05) is 0 Å². The van der Waals surface area contributed by atoms with Gasteiger partial charge in [-0.2, -0.15) is 0 Å². The fourth-order valence-corrected chi connectivity index (χ4v) is 2.09. The van der Waals surface area contributed by atoms with Crippen molar-refractivity contribution in [2.75, 3.05) is 6.54 Å². The number of benzene rings is 1. The molecule has 0 fully saturated rings. The molecule has 3 N–H and O–H groups in total. The largest absolute Gasteiger partial charge is 0.507 e. The number of halogens is 1. The van der Waals surface area contributed by atoms with Crippen LogP contribution in [0.2, 0.25) is 0 Å². The third-order valence-electron chi connectivity index (χ3n) is 2.33. The topological polar surface area (TPSA) is 69.6 Å². The fourth-order valence-electron chi connectivity index (χ4n) is 1.47. The second-order valence-corrected chi connectivity index (χ2v) is 5.06. The molecule has 17 heavy (non-hydrogen) atoms. The van der Waals surface area contributed by atoms with Gasteiger partial charge in [-0.05, 0) is 18.6 Å². The Bertz CT molecular complexity index is 375. The molecule has 0 aliphatic rings. The van der Waals surface area contributed by atoms with Crippen molar-refractivity contribution in [2.24, 2.45) is 0 Å². The molecular formula is C12H16BrNO3. The van der Waals surface area contributed by atoms with Gasteiger partial charge in [0.15, 0.2) is 0 Å². The lowest BCUT2D eigenvalue weighted by Gasteiger charge is -2.11. The van der Waals surface area contributed by atoms with Crippen molar-refractivity contribution in [3.63, 3.8) is 0 Å². The Morgan fingerprint density at radius 3 is 2.53 bits per heavy atom. The lowest BCUT2D eigenvalue weighted by molar-refractivity contribution is 0.0948. The maximum Gasteiger partial charge on any atom is 0.258 e. The molecule has 1 amide bonds. The van der Waals surface area contributed by atoms with Crippen LogP contribution in [-0.2, 0) is 0 Å². The summed E-state index contributed by atoms with van der Waals surface area (Å²) < 4.78 is 0. The Morgan fingerprint density at radius 2 is 2.00 bits per heavy atom. The summed E-state index contributed by atoms with van der Waals surface area (Å²) in [6, 6.07) is 4.21. The number of hydrogen-bond acceptors (Lipinski definition) is 3. The van der Waals surface area contributed by atoms with Crippen molar-refractivity contribution in [3.8, 4) is 11.5 Å². The summed E-state index contributed by atoms with van der Waals surface area (Å²) in [7, 11) is 0. The van der Waals surface area contributed by atoms with Gasteiger partial charge >= 0.3 is 0 Å². The highest BCUT2D eigenvalue weighted by Gasteiger charge is 2.16. The number of carbonyl (C=O) groups excluding carboxylic acids is 1. The number of aromatic hydroxyl groups is 2. The Morgan fingerprint density at radius 1 is 1.41 bits per heavy atom. The van der Waals surface area contributed by atoms with E-state index < -0.39 is 5.91 Å². The predicted molar refractivity (Wildman–Crippen MR) is 69.7 cm³/mol. The second kappa shape index (κ2) is 6.49. The molecule has 0 heterocycles. The van der Waals surface area contributed by atoms with Gasteiger partial charge in [0.25, 0.3) is 5.91 Å². The van der Waals surface area contributed by atoms with E-state index in [1.54, 1.807) is 0 Å². The summed E-state index contributed by atoms with van der Waals surface area (Å²) in [5.74, 6) is -0.908. The minimum Gasteiger partial charge on any atom is -0.507 e.